The van der Waals surface area contributed by atoms with Crippen molar-refractivity contribution in [1.29, 1.82) is 0 Å². The van der Waals surface area contributed by atoms with Gasteiger partial charge < -0.3 is 28.8 Å². The summed E-state index contributed by atoms with van der Waals surface area (Å²) in [4.78, 5) is 25.3. The van der Waals surface area contributed by atoms with Crippen molar-refractivity contribution in [2.45, 2.75) is 180 Å². The standard InChI is InChI=1S/C43H81N2O6P/c1-6-8-10-12-14-16-18-19-20-21-22-23-24-25-27-29-31-33-35-37-43(47)44-41(40-51-52(48,49)50-39-38-45(3,4)5)42(46)36-34-32-30-28-26-17-15-13-11-9-7-2/h8,10,14,16,19-20,22-23,41-42,46H,6-7,9,11-13,15,17-18,21,24-40H2,1-5H3,(H-,44,47,48,49)/b10-8-,16-14-,20-19-,23-22-. The van der Waals surface area contributed by atoms with Gasteiger partial charge in [-0.25, -0.2) is 0 Å². The van der Waals surface area contributed by atoms with E-state index in [9.17, 15) is 19.4 Å². The average molecular weight is 753 g/mol. The van der Waals surface area contributed by atoms with E-state index in [4.69, 9.17) is 9.05 Å². The Labute approximate surface area is 320 Å². The molecule has 0 aliphatic heterocycles. The van der Waals surface area contributed by atoms with Crippen molar-refractivity contribution in [3.05, 3.63) is 48.6 Å². The second-order valence-corrected chi connectivity index (χ2v) is 16.7. The number of nitrogens with one attached hydrogen (secondary N) is 1. The monoisotopic (exact) mass is 753 g/mol. The molecule has 0 aliphatic rings. The van der Waals surface area contributed by atoms with E-state index in [0.29, 0.717) is 23.9 Å². The summed E-state index contributed by atoms with van der Waals surface area (Å²) in [6.45, 7) is 4.56. The van der Waals surface area contributed by atoms with Gasteiger partial charge in [-0.2, -0.15) is 0 Å². The Kier molecular flexibility index (Phi) is 34.1. The van der Waals surface area contributed by atoms with Crippen LogP contribution < -0.4 is 10.2 Å². The Balaban J connectivity index is 4.40. The maximum absolute atomic E-state index is 12.8. The summed E-state index contributed by atoms with van der Waals surface area (Å²) < 4.78 is 23.2. The quantitative estimate of drug-likeness (QED) is 0.0283. The number of carbonyl (C=O) groups is 1. The third-order valence-corrected chi connectivity index (χ3v) is 10.0. The zero-order chi connectivity index (χ0) is 38.6. The largest absolute Gasteiger partial charge is 0.756 e. The van der Waals surface area contributed by atoms with Crippen LogP contribution >= 0.6 is 7.82 Å². The Bertz CT molecular complexity index is 991. The van der Waals surface area contributed by atoms with E-state index >= 15 is 0 Å². The highest BCUT2D eigenvalue weighted by atomic mass is 31.2. The number of hydrogen-bond donors (Lipinski definition) is 2. The third kappa shape index (κ3) is 36.8. The minimum absolute atomic E-state index is 0.00698. The van der Waals surface area contributed by atoms with E-state index in [0.717, 1.165) is 77.0 Å². The van der Waals surface area contributed by atoms with Crippen LogP contribution in [0.4, 0.5) is 0 Å². The summed E-state index contributed by atoms with van der Waals surface area (Å²) in [5.41, 5.74) is 0. The Hall–Kier alpha value is -1.54. The van der Waals surface area contributed by atoms with Crippen molar-refractivity contribution in [2.75, 3.05) is 40.9 Å². The van der Waals surface area contributed by atoms with Crippen LogP contribution in [0.3, 0.4) is 0 Å². The lowest BCUT2D eigenvalue weighted by atomic mass is 10.0. The number of amides is 1. The third-order valence-electron chi connectivity index (χ3n) is 9.08. The number of unbranched alkanes of at least 4 members (excludes halogenated alkanes) is 16. The second-order valence-electron chi connectivity index (χ2n) is 15.3. The van der Waals surface area contributed by atoms with Gasteiger partial charge in [0, 0.05) is 6.42 Å². The smallest absolute Gasteiger partial charge is 0.268 e. The minimum Gasteiger partial charge on any atom is -0.756 e. The van der Waals surface area contributed by atoms with E-state index < -0.39 is 20.0 Å². The first-order chi connectivity index (χ1) is 25.0. The maximum Gasteiger partial charge on any atom is 0.268 e. The van der Waals surface area contributed by atoms with Crippen molar-refractivity contribution in [1.82, 2.24) is 5.32 Å². The van der Waals surface area contributed by atoms with Gasteiger partial charge in [-0.3, -0.25) is 9.36 Å². The van der Waals surface area contributed by atoms with Crippen LogP contribution in [0.25, 0.3) is 0 Å². The first-order valence-corrected chi connectivity index (χ1v) is 22.4. The fourth-order valence-corrected chi connectivity index (χ4v) is 6.46. The molecular weight excluding hydrogens is 671 g/mol. The number of aliphatic hydroxyl groups is 1. The summed E-state index contributed by atoms with van der Waals surface area (Å²) in [7, 11) is 1.28. The molecule has 9 heteroatoms. The second kappa shape index (κ2) is 35.2. The summed E-state index contributed by atoms with van der Waals surface area (Å²) >= 11 is 0. The average Bonchev–Trinajstić information content (AvgIpc) is 3.09. The van der Waals surface area contributed by atoms with Crippen LogP contribution in [0, 0.1) is 0 Å². The van der Waals surface area contributed by atoms with E-state index in [1.54, 1.807) is 0 Å². The van der Waals surface area contributed by atoms with Gasteiger partial charge in [0.15, 0.2) is 0 Å². The molecule has 0 bridgehead atoms. The topological polar surface area (TPSA) is 108 Å². The van der Waals surface area contributed by atoms with Gasteiger partial charge in [0.25, 0.3) is 7.82 Å². The summed E-state index contributed by atoms with van der Waals surface area (Å²) in [6.07, 6.45) is 42.5. The van der Waals surface area contributed by atoms with E-state index in [-0.39, 0.29) is 19.1 Å². The van der Waals surface area contributed by atoms with Gasteiger partial charge in [-0.15, -0.1) is 0 Å². The highest BCUT2D eigenvalue weighted by Gasteiger charge is 2.24. The Morgan fingerprint density at radius 3 is 1.71 bits per heavy atom. The highest BCUT2D eigenvalue weighted by molar-refractivity contribution is 7.45. The first-order valence-electron chi connectivity index (χ1n) is 21.0. The lowest BCUT2D eigenvalue weighted by Crippen LogP contribution is -2.46. The Morgan fingerprint density at radius 2 is 1.17 bits per heavy atom. The van der Waals surface area contributed by atoms with Crippen LogP contribution in [-0.2, 0) is 18.4 Å². The normalized spacial score (nSPS) is 15.0. The minimum atomic E-state index is -4.56. The first kappa shape index (κ1) is 50.5. The molecule has 52 heavy (non-hydrogen) atoms. The van der Waals surface area contributed by atoms with Crippen LogP contribution in [0.5, 0.6) is 0 Å². The van der Waals surface area contributed by atoms with E-state index in [2.05, 4.69) is 67.8 Å². The molecule has 0 heterocycles. The maximum atomic E-state index is 12.8. The van der Waals surface area contributed by atoms with Gasteiger partial charge in [0.2, 0.25) is 5.91 Å². The molecule has 1 amide bonds. The number of hydrogen-bond acceptors (Lipinski definition) is 6. The van der Waals surface area contributed by atoms with E-state index in [1.165, 1.54) is 64.2 Å². The molecule has 0 saturated heterocycles. The van der Waals surface area contributed by atoms with Crippen LogP contribution in [0.1, 0.15) is 168 Å². The molecule has 0 aromatic heterocycles. The number of phosphoric acid groups is 1. The SMILES string of the molecule is CC/C=C\C/C=C\C/C=C\C/C=C\CCCCCCCCC(=O)NC(COP(=O)([O-])OCC[N+](C)(C)C)C(O)CCCCCCCCCCCCC. The zero-order valence-corrected chi connectivity index (χ0v) is 35.1. The number of rotatable bonds is 37. The van der Waals surface area contributed by atoms with Gasteiger partial charge >= 0.3 is 0 Å². The predicted octanol–water partition coefficient (Wildman–Crippen LogP) is 10.7. The number of phosphoric ester groups is 1. The molecule has 0 aromatic carbocycles. The van der Waals surface area contributed by atoms with Gasteiger partial charge in [-0.05, 0) is 51.4 Å². The summed E-state index contributed by atoms with van der Waals surface area (Å²) in [5.74, 6) is -0.183. The number of allylic oxidation sites excluding steroid dienone is 8. The lowest BCUT2D eigenvalue weighted by molar-refractivity contribution is -0.870. The molecule has 0 aromatic rings. The van der Waals surface area contributed by atoms with Gasteiger partial charge in [0.1, 0.15) is 13.2 Å². The number of quaternary nitrogens is 1. The fraction of sp³-hybridized carbons (Fsp3) is 0.791. The predicted molar refractivity (Wildman–Crippen MR) is 219 cm³/mol. The molecule has 3 unspecified atom stereocenters. The molecule has 304 valence electrons. The molecule has 8 nitrogen and oxygen atoms in total. The number of aliphatic hydroxyl groups excluding tert-OH is 1. The van der Waals surface area contributed by atoms with Crippen LogP contribution in [0.15, 0.2) is 48.6 Å². The van der Waals surface area contributed by atoms with Crippen molar-refractivity contribution in [2.24, 2.45) is 0 Å². The molecule has 3 atom stereocenters. The molecule has 0 radical (unpaired) electrons. The molecule has 0 saturated carbocycles. The number of nitrogens with zero attached hydrogens (tertiary/aromatic N) is 1. The van der Waals surface area contributed by atoms with Crippen LogP contribution in [-0.4, -0.2) is 68.5 Å². The molecule has 0 spiro atoms. The summed E-state index contributed by atoms with van der Waals surface area (Å²) in [5, 5.41) is 13.8. The van der Waals surface area contributed by atoms with Gasteiger partial charge in [0.05, 0.1) is 39.9 Å². The number of likely N-dealkylation sites (N-methyl/N-ethyl adjacent to an activating group) is 1. The van der Waals surface area contributed by atoms with Crippen LogP contribution in [0.2, 0.25) is 0 Å². The Morgan fingerprint density at radius 1 is 0.692 bits per heavy atom. The molecular formula is C43H81N2O6P. The van der Waals surface area contributed by atoms with Crippen molar-refractivity contribution >= 4 is 13.7 Å². The molecule has 0 rings (SSSR count). The van der Waals surface area contributed by atoms with E-state index in [1.807, 2.05) is 21.1 Å². The van der Waals surface area contributed by atoms with Gasteiger partial charge in [-0.1, -0.05) is 159 Å². The fourth-order valence-electron chi connectivity index (χ4n) is 5.73. The zero-order valence-electron chi connectivity index (χ0n) is 34.2. The summed E-state index contributed by atoms with van der Waals surface area (Å²) in [6, 6.07) is -0.807. The van der Waals surface area contributed by atoms with Crippen molar-refractivity contribution in [3.63, 3.8) is 0 Å². The van der Waals surface area contributed by atoms with Crippen molar-refractivity contribution < 1.29 is 32.9 Å². The molecule has 0 aliphatic carbocycles. The highest BCUT2D eigenvalue weighted by Crippen LogP contribution is 2.38. The lowest BCUT2D eigenvalue weighted by Gasteiger charge is -2.30. The number of carbonyl (C=O) groups excluding carboxylic acids is 1. The van der Waals surface area contributed by atoms with Crippen molar-refractivity contribution in [3.8, 4) is 0 Å². The molecule has 2 N–H and O–H groups in total. The molecule has 0 fully saturated rings.